The molecule has 4 heteroatoms. The lowest BCUT2D eigenvalue weighted by atomic mass is 9.85. The first-order valence-corrected chi connectivity index (χ1v) is 10.3. The predicted molar refractivity (Wildman–Crippen MR) is 82.3 cm³/mol. The summed E-state index contributed by atoms with van der Waals surface area (Å²) in [6.45, 7) is 4.15. The van der Waals surface area contributed by atoms with Gasteiger partial charge in [-0.1, -0.05) is 43.8 Å². The molecule has 0 aromatic carbocycles. The molecule has 15 heavy (non-hydrogen) atoms. The van der Waals surface area contributed by atoms with E-state index in [-0.39, 0.29) is 0 Å². The molecule has 0 N–H and O–H groups in total. The van der Waals surface area contributed by atoms with Crippen molar-refractivity contribution in [3.63, 3.8) is 0 Å². The first kappa shape index (κ1) is 14.1. The van der Waals surface area contributed by atoms with Crippen molar-refractivity contribution in [1.82, 2.24) is 0 Å². The maximum atomic E-state index is 5.72. The molecule has 1 fully saturated rings. The summed E-state index contributed by atoms with van der Waals surface area (Å²) in [7, 11) is 2.41. The zero-order chi connectivity index (χ0) is 11.4. The minimum Gasteiger partial charge on any atom is -0.157 e. The van der Waals surface area contributed by atoms with E-state index in [1.165, 1.54) is 25.4 Å². The van der Waals surface area contributed by atoms with Crippen molar-refractivity contribution in [1.29, 1.82) is 0 Å². The normalized spacial score (nSPS) is 35.3. The van der Waals surface area contributed by atoms with E-state index in [0.29, 0.717) is 0 Å². The van der Waals surface area contributed by atoms with Crippen LogP contribution in [0.3, 0.4) is 0 Å². The fourth-order valence-electron chi connectivity index (χ4n) is 2.82. The summed E-state index contributed by atoms with van der Waals surface area (Å²) >= 11 is 7.68. The van der Waals surface area contributed by atoms with E-state index < -0.39 is 6.70 Å². The predicted octanol–water partition coefficient (Wildman–Crippen LogP) is 3.23. The molecular formula is C11H24BPS2. The molecule has 0 saturated heterocycles. The first-order chi connectivity index (χ1) is 7.08. The fraction of sp³-hybridized carbons (Fsp3) is 1.00. The van der Waals surface area contributed by atoms with Crippen LogP contribution >= 0.6 is 18.5 Å². The highest BCUT2D eigenvalue weighted by Gasteiger charge is 2.31. The number of rotatable bonds is 5. The van der Waals surface area contributed by atoms with Crippen LogP contribution in [-0.2, 0) is 11.8 Å². The average Bonchev–Trinajstić information content (AvgIpc) is 2.57. The fourth-order valence-corrected chi connectivity index (χ4v) is 7.02. The van der Waals surface area contributed by atoms with Gasteiger partial charge in [0.15, 0.2) is 0 Å². The summed E-state index contributed by atoms with van der Waals surface area (Å²) in [5.41, 5.74) is 0. The van der Waals surface area contributed by atoms with E-state index >= 15 is 0 Å². The second-order valence-electron chi connectivity index (χ2n) is 5.05. The van der Waals surface area contributed by atoms with Crippen molar-refractivity contribution in [2.75, 3.05) is 12.4 Å². The monoisotopic (exact) mass is 262 g/mol. The topological polar surface area (TPSA) is 0 Å². The van der Waals surface area contributed by atoms with Crippen LogP contribution in [0.2, 0.25) is 5.82 Å². The third kappa shape index (κ3) is 4.09. The van der Waals surface area contributed by atoms with E-state index in [4.69, 9.17) is 11.8 Å². The van der Waals surface area contributed by atoms with Crippen LogP contribution in [0.4, 0.5) is 0 Å². The SMILES string of the molecule is BC1CC(CC)C(C[PH](=S)C(C)SC)C1. The summed E-state index contributed by atoms with van der Waals surface area (Å²) in [4.78, 5) is 0.749. The molecule has 5 unspecified atom stereocenters. The van der Waals surface area contributed by atoms with E-state index in [9.17, 15) is 0 Å². The molecule has 0 aromatic heterocycles. The Kier molecular flexibility index (Phi) is 6.33. The molecule has 0 amide bonds. The number of thioether (sulfide) groups is 1. The summed E-state index contributed by atoms with van der Waals surface area (Å²) in [6.07, 6.45) is 7.86. The van der Waals surface area contributed by atoms with Gasteiger partial charge >= 0.3 is 0 Å². The molecule has 0 aromatic rings. The maximum Gasteiger partial charge on any atom is 0.105 e. The summed E-state index contributed by atoms with van der Waals surface area (Å²) in [6, 6.07) is 0. The number of hydrogen-bond donors (Lipinski definition) is 0. The molecule has 0 aliphatic heterocycles. The van der Waals surface area contributed by atoms with E-state index in [1.807, 2.05) is 11.8 Å². The van der Waals surface area contributed by atoms with Gasteiger partial charge in [0.25, 0.3) is 0 Å². The standard InChI is InChI=1S/C11H24BPS2/c1-4-9-5-11(12)6-10(9)7-13(14)8(2)15-3/h8-11,13H,4-7,12H2,1-3H3. The molecule has 0 radical (unpaired) electrons. The highest BCUT2D eigenvalue weighted by Crippen LogP contribution is 2.46. The molecular weight excluding hydrogens is 238 g/mol. The van der Waals surface area contributed by atoms with E-state index in [2.05, 4.69) is 27.9 Å². The molecule has 88 valence electrons. The van der Waals surface area contributed by atoms with Gasteiger partial charge in [0.05, 0.1) is 0 Å². The Morgan fingerprint density at radius 1 is 1.47 bits per heavy atom. The van der Waals surface area contributed by atoms with Crippen LogP contribution < -0.4 is 0 Å². The van der Waals surface area contributed by atoms with Gasteiger partial charge in [0.1, 0.15) is 7.85 Å². The second-order valence-corrected chi connectivity index (χ2v) is 10.4. The van der Waals surface area contributed by atoms with E-state index in [1.54, 1.807) is 0 Å². The van der Waals surface area contributed by atoms with Gasteiger partial charge in [0.2, 0.25) is 0 Å². The maximum absolute atomic E-state index is 5.72. The molecule has 1 rings (SSSR count). The number of hydrogen-bond acceptors (Lipinski definition) is 2. The van der Waals surface area contributed by atoms with Crippen molar-refractivity contribution >= 4 is 38.1 Å². The molecule has 1 aliphatic carbocycles. The van der Waals surface area contributed by atoms with E-state index in [0.717, 1.165) is 22.6 Å². The summed E-state index contributed by atoms with van der Waals surface area (Å²) in [5, 5.41) is 0. The Hall–Kier alpha value is 1.06. The van der Waals surface area contributed by atoms with Crippen molar-refractivity contribution in [2.45, 2.75) is 43.9 Å². The van der Waals surface area contributed by atoms with Gasteiger partial charge in [-0.25, -0.2) is 0 Å². The minimum atomic E-state index is -0.520. The molecule has 0 nitrogen and oxygen atoms in total. The molecule has 0 bridgehead atoms. The quantitative estimate of drug-likeness (QED) is 0.551. The summed E-state index contributed by atoms with van der Waals surface area (Å²) in [5.74, 6) is 2.90. The molecule has 0 spiro atoms. The Labute approximate surface area is 106 Å². The van der Waals surface area contributed by atoms with Gasteiger partial charge < -0.3 is 0 Å². The lowest BCUT2D eigenvalue weighted by Gasteiger charge is -2.21. The Morgan fingerprint density at radius 2 is 2.07 bits per heavy atom. The van der Waals surface area contributed by atoms with Gasteiger partial charge in [-0.15, -0.1) is 0 Å². The smallest absolute Gasteiger partial charge is 0.105 e. The highest BCUT2D eigenvalue weighted by molar-refractivity contribution is 8.15. The van der Waals surface area contributed by atoms with Gasteiger partial charge in [0, 0.05) is 4.99 Å². The van der Waals surface area contributed by atoms with Crippen LogP contribution in [0.25, 0.3) is 0 Å². The summed E-state index contributed by atoms with van der Waals surface area (Å²) < 4.78 is 0. The highest BCUT2D eigenvalue weighted by atomic mass is 32.4. The van der Waals surface area contributed by atoms with Crippen LogP contribution in [0.5, 0.6) is 0 Å². The van der Waals surface area contributed by atoms with Crippen molar-refractivity contribution in [2.24, 2.45) is 11.8 Å². The lowest BCUT2D eigenvalue weighted by Crippen LogP contribution is -2.10. The van der Waals surface area contributed by atoms with Crippen molar-refractivity contribution < 1.29 is 0 Å². The Balaban J connectivity index is 2.46. The molecule has 5 atom stereocenters. The third-order valence-corrected chi connectivity index (χ3v) is 9.98. The van der Waals surface area contributed by atoms with Gasteiger partial charge in [-0.3, -0.25) is 0 Å². The van der Waals surface area contributed by atoms with Crippen molar-refractivity contribution in [3.8, 4) is 0 Å². The molecule has 1 saturated carbocycles. The zero-order valence-corrected chi connectivity index (χ0v) is 13.1. The van der Waals surface area contributed by atoms with Crippen LogP contribution in [0.15, 0.2) is 0 Å². The van der Waals surface area contributed by atoms with Gasteiger partial charge in [-0.2, -0.15) is 11.8 Å². The Morgan fingerprint density at radius 3 is 2.60 bits per heavy atom. The minimum absolute atomic E-state index is 0.520. The van der Waals surface area contributed by atoms with Gasteiger partial charge in [-0.05, 0) is 37.9 Å². The molecule has 0 heterocycles. The molecule has 1 aliphatic rings. The largest absolute Gasteiger partial charge is 0.157 e. The third-order valence-electron chi connectivity index (χ3n) is 3.87. The van der Waals surface area contributed by atoms with Crippen LogP contribution in [0.1, 0.15) is 33.1 Å². The zero-order valence-electron chi connectivity index (χ0n) is 10.5. The van der Waals surface area contributed by atoms with Crippen LogP contribution in [0, 0.1) is 11.8 Å². The Bertz CT molecular complexity index is 223. The van der Waals surface area contributed by atoms with Crippen LogP contribution in [-0.4, -0.2) is 25.3 Å². The average molecular weight is 262 g/mol. The van der Waals surface area contributed by atoms with Crippen molar-refractivity contribution in [3.05, 3.63) is 0 Å². The second kappa shape index (κ2) is 6.72. The first-order valence-electron chi connectivity index (χ1n) is 6.13. The lowest BCUT2D eigenvalue weighted by molar-refractivity contribution is 0.412.